The zero-order valence-corrected chi connectivity index (χ0v) is 20.6. The molecule has 0 saturated carbocycles. The van der Waals surface area contributed by atoms with E-state index < -0.39 is 15.7 Å². The molecule has 2 aliphatic heterocycles. The zero-order chi connectivity index (χ0) is 24.7. The van der Waals surface area contributed by atoms with E-state index in [2.05, 4.69) is 10.1 Å². The van der Waals surface area contributed by atoms with E-state index in [-0.39, 0.29) is 21.0 Å². The zero-order valence-electron chi connectivity index (χ0n) is 18.9. The highest BCUT2D eigenvalue weighted by molar-refractivity contribution is 8.42. The molecule has 0 aliphatic carbocycles. The Balaban J connectivity index is 1.44. The van der Waals surface area contributed by atoms with Crippen LogP contribution in [-0.4, -0.2) is 52.1 Å². The molecule has 1 aromatic heterocycles. The standard InChI is InChI=1S/C24H21N5O4S2/c1-15-6-5-7-17(12-15)33-11-10-28-14-16(18-8-3-4-9-20(18)28)13-19-21(25)29-23(26-22(19)30)34-24(27-29)35(2,31)32/h3-9,12-14,25H,10-11H2,1-2H3/b19-13-,25-21?. The number of para-hydroxylation sites is 1. The van der Waals surface area contributed by atoms with E-state index in [4.69, 9.17) is 10.1 Å². The monoisotopic (exact) mass is 507 g/mol. The molecule has 9 nitrogen and oxygen atoms in total. The Morgan fingerprint density at radius 2 is 1.97 bits per heavy atom. The summed E-state index contributed by atoms with van der Waals surface area (Å²) in [6.07, 6.45) is 4.53. The van der Waals surface area contributed by atoms with Crippen LogP contribution in [0.25, 0.3) is 17.0 Å². The van der Waals surface area contributed by atoms with E-state index in [0.29, 0.717) is 13.2 Å². The first-order chi connectivity index (χ1) is 16.7. The molecule has 0 saturated heterocycles. The highest BCUT2D eigenvalue weighted by atomic mass is 32.3. The van der Waals surface area contributed by atoms with Gasteiger partial charge in [-0.15, -0.1) is 5.10 Å². The number of ether oxygens (including phenoxy) is 1. The summed E-state index contributed by atoms with van der Waals surface area (Å²) in [6, 6.07) is 15.6. The predicted molar refractivity (Wildman–Crippen MR) is 138 cm³/mol. The number of benzene rings is 2. The van der Waals surface area contributed by atoms with Crippen molar-refractivity contribution in [1.82, 2.24) is 9.58 Å². The maximum Gasteiger partial charge on any atom is 0.283 e. The number of sulfone groups is 1. The molecular formula is C24H21N5O4S2. The van der Waals surface area contributed by atoms with Gasteiger partial charge in [0, 0.05) is 28.9 Å². The third-order valence-corrected chi connectivity index (χ3v) is 8.04. The van der Waals surface area contributed by atoms with Crippen LogP contribution in [0, 0.1) is 12.3 Å². The number of amides is 1. The number of nitrogens with zero attached hydrogens (tertiary/aromatic N) is 4. The molecule has 11 heteroatoms. The average molecular weight is 508 g/mol. The van der Waals surface area contributed by atoms with Crippen LogP contribution in [0.3, 0.4) is 0 Å². The van der Waals surface area contributed by atoms with Crippen LogP contribution in [0.1, 0.15) is 11.1 Å². The number of nitrogens with one attached hydrogen (secondary N) is 1. The molecule has 35 heavy (non-hydrogen) atoms. The molecule has 0 spiro atoms. The van der Waals surface area contributed by atoms with Crippen LogP contribution in [-0.2, 0) is 21.2 Å². The Morgan fingerprint density at radius 1 is 1.17 bits per heavy atom. The van der Waals surface area contributed by atoms with Gasteiger partial charge in [-0.25, -0.2) is 8.42 Å². The number of carbonyl (C=O) groups is 1. The molecule has 178 valence electrons. The number of aromatic nitrogens is 1. The minimum Gasteiger partial charge on any atom is -0.492 e. The minimum absolute atomic E-state index is 0.0340. The maximum atomic E-state index is 12.7. The smallest absolute Gasteiger partial charge is 0.283 e. The fourth-order valence-corrected chi connectivity index (χ4v) is 5.51. The van der Waals surface area contributed by atoms with Crippen LogP contribution in [0.15, 0.2) is 70.4 Å². The summed E-state index contributed by atoms with van der Waals surface area (Å²) in [5, 5.41) is 14.5. The van der Waals surface area contributed by atoms with E-state index in [1.807, 2.05) is 66.2 Å². The summed E-state index contributed by atoms with van der Waals surface area (Å²) in [5.41, 5.74) is 2.85. The fraction of sp³-hybridized carbons (Fsp3) is 0.167. The van der Waals surface area contributed by atoms with E-state index in [9.17, 15) is 13.2 Å². The Morgan fingerprint density at radius 3 is 2.74 bits per heavy atom. The van der Waals surface area contributed by atoms with Crippen molar-refractivity contribution < 1.29 is 17.9 Å². The van der Waals surface area contributed by atoms with Gasteiger partial charge in [-0.05, 0) is 48.5 Å². The molecule has 1 amide bonds. The number of thioether (sulfide) groups is 1. The highest BCUT2D eigenvalue weighted by Gasteiger charge is 2.38. The van der Waals surface area contributed by atoms with Gasteiger partial charge in [0.1, 0.15) is 12.4 Å². The summed E-state index contributed by atoms with van der Waals surface area (Å²) in [6.45, 7) is 3.04. The van der Waals surface area contributed by atoms with E-state index in [1.165, 1.54) is 0 Å². The van der Waals surface area contributed by atoms with Crippen molar-refractivity contribution >= 4 is 59.9 Å². The van der Waals surface area contributed by atoms with Crippen molar-refractivity contribution in [2.45, 2.75) is 13.5 Å². The molecule has 0 fully saturated rings. The molecule has 5 rings (SSSR count). The number of aliphatic imine (C=N–C) groups is 1. The molecule has 2 aromatic carbocycles. The number of rotatable bonds is 5. The Bertz CT molecular complexity index is 1580. The van der Waals surface area contributed by atoms with Gasteiger partial charge in [-0.1, -0.05) is 30.3 Å². The van der Waals surface area contributed by atoms with Gasteiger partial charge in [0.25, 0.3) is 5.91 Å². The predicted octanol–water partition coefficient (Wildman–Crippen LogP) is 3.65. The van der Waals surface area contributed by atoms with Crippen molar-refractivity contribution in [1.29, 1.82) is 5.41 Å². The number of carbonyl (C=O) groups excluding carboxylic acids is 1. The van der Waals surface area contributed by atoms with Gasteiger partial charge in [0.05, 0.1) is 12.1 Å². The SMILES string of the molecule is Cc1cccc(OCCn2cc(/C=C3/C(=N)N4N=C(S(C)(=O)=O)SC4=NC3=O)c3ccccc32)c1. The number of hydrogen-bond donors (Lipinski definition) is 1. The number of aryl methyl sites for hydroxylation is 1. The van der Waals surface area contributed by atoms with Crippen LogP contribution in [0.4, 0.5) is 0 Å². The first kappa shape index (κ1) is 23.1. The summed E-state index contributed by atoms with van der Waals surface area (Å²) in [7, 11) is -3.59. The summed E-state index contributed by atoms with van der Waals surface area (Å²) < 4.78 is 31.5. The lowest BCUT2D eigenvalue weighted by atomic mass is 10.1. The molecule has 0 bridgehead atoms. The molecule has 3 aromatic rings. The largest absolute Gasteiger partial charge is 0.492 e. The number of hydrazone groups is 1. The van der Waals surface area contributed by atoms with Gasteiger partial charge in [-0.2, -0.15) is 10.0 Å². The summed E-state index contributed by atoms with van der Waals surface area (Å²) >= 11 is 0.763. The third kappa shape index (κ3) is 4.52. The molecule has 1 N–H and O–H groups in total. The van der Waals surface area contributed by atoms with Crippen LogP contribution in [0.5, 0.6) is 5.75 Å². The van der Waals surface area contributed by atoms with Crippen molar-refractivity contribution in [3.8, 4) is 5.75 Å². The van der Waals surface area contributed by atoms with Gasteiger partial charge in [0.2, 0.25) is 19.4 Å². The maximum absolute atomic E-state index is 12.7. The minimum atomic E-state index is -3.59. The van der Waals surface area contributed by atoms with Gasteiger partial charge >= 0.3 is 0 Å². The first-order valence-corrected chi connectivity index (χ1v) is 13.4. The Kier molecular flexibility index (Phi) is 5.81. The topological polar surface area (TPSA) is 117 Å². The van der Waals surface area contributed by atoms with Crippen molar-refractivity contribution in [3.05, 3.63) is 71.4 Å². The average Bonchev–Trinajstić information content (AvgIpc) is 3.39. The molecule has 0 atom stereocenters. The lowest BCUT2D eigenvalue weighted by Gasteiger charge is -2.19. The summed E-state index contributed by atoms with van der Waals surface area (Å²) in [5.74, 6) is -0.0275. The lowest BCUT2D eigenvalue weighted by molar-refractivity contribution is -0.114. The Hall–Kier alpha value is -3.70. The van der Waals surface area contributed by atoms with Crippen molar-refractivity contribution in [2.24, 2.45) is 10.1 Å². The van der Waals surface area contributed by atoms with Crippen molar-refractivity contribution in [3.63, 3.8) is 0 Å². The van der Waals surface area contributed by atoms with Gasteiger partial charge in [0.15, 0.2) is 5.84 Å². The highest BCUT2D eigenvalue weighted by Crippen LogP contribution is 2.31. The first-order valence-electron chi connectivity index (χ1n) is 10.7. The fourth-order valence-electron chi connectivity index (χ4n) is 3.82. The second-order valence-corrected chi connectivity index (χ2v) is 11.3. The molecule has 2 aliphatic rings. The number of hydrogen-bond acceptors (Lipinski definition) is 7. The molecule has 0 unspecified atom stereocenters. The third-order valence-electron chi connectivity index (χ3n) is 5.46. The summed E-state index contributed by atoms with van der Waals surface area (Å²) in [4.78, 5) is 16.7. The number of fused-ring (bicyclic) bond motifs is 2. The quantitative estimate of drug-likeness (QED) is 0.527. The van der Waals surface area contributed by atoms with E-state index >= 15 is 0 Å². The van der Waals surface area contributed by atoms with E-state index in [1.54, 1.807) is 6.08 Å². The van der Waals surface area contributed by atoms with Gasteiger partial charge in [-0.3, -0.25) is 10.2 Å². The Labute approximate surface area is 206 Å². The van der Waals surface area contributed by atoms with Crippen LogP contribution < -0.4 is 4.74 Å². The number of amidine groups is 2. The molecule has 3 heterocycles. The molecule has 0 radical (unpaired) electrons. The normalized spacial score (nSPS) is 17.1. The molecular weight excluding hydrogens is 486 g/mol. The van der Waals surface area contributed by atoms with Crippen molar-refractivity contribution in [2.75, 3.05) is 12.9 Å². The van der Waals surface area contributed by atoms with E-state index in [0.717, 1.165) is 50.8 Å². The lowest BCUT2D eigenvalue weighted by Crippen LogP contribution is -2.35. The second kappa shape index (κ2) is 8.82. The second-order valence-electron chi connectivity index (χ2n) is 8.12. The van der Waals surface area contributed by atoms with Crippen LogP contribution in [0.2, 0.25) is 0 Å². The van der Waals surface area contributed by atoms with Gasteiger partial charge < -0.3 is 9.30 Å². The van der Waals surface area contributed by atoms with Crippen LogP contribution >= 0.6 is 11.8 Å².